The predicted molar refractivity (Wildman–Crippen MR) is 86.0 cm³/mol. The van der Waals surface area contributed by atoms with Gasteiger partial charge in [0.1, 0.15) is 4.90 Å². The molecular weight excluding hydrogens is 361 g/mol. The number of halogens is 2. The molecule has 1 aromatic carbocycles. The number of nitrogen functional groups attached to an aromatic ring is 1. The fraction of sp³-hybridized carbons (Fsp3) is 0.538. The molecule has 0 aliphatic heterocycles. The van der Waals surface area contributed by atoms with Crippen molar-refractivity contribution in [3.8, 4) is 0 Å². The van der Waals surface area contributed by atoms with E-state index < -0.39 is 20.7 Å². The highest BCUT2D eigenvalue weighted by atomic mass is 79.9. The van der Waals surface area contributed by atoms with Crippen molar-refractivity contribution in [1.82, 2.24) is 9.62 Å². The quantitative estimate of drug-likeness (QED) is 0.739. The summed E-state index contributed by atoms with van der Waals surface area (Å²) in [6.07, 6.45) is 0. The van der Waals surface area contributed by atoms with Crippen LogP contribution in [0.25, 0.3) is 0 Å². The molecular formula is C13H21BrFN3O2S. The van der Waals surface area contributed by atoms with Crippen molar-refractivity contribution in [3.05, 3.63) is 22.4 Å². The topological polar surface area (TPSA) is 75.4 Å². The summed E-state index contributed by atoms with van der Waals surface area (Å²) in [6.45, 7) is 4.75. The van der Waals surface area contributed by atoms with Crippen molar-refractivity contribution < 1.29 is 12.8 Å². The Bertz CT molecular complexity index is 618. The van der Waals surface area contributed by atoms with Crippen molar-refractivity contribution >= 4 is 31.6 Å². The maximum atomic E-state index is 14.0. The number of sulfonamides is 1. The molecule has 0 saturated heterocycles. The molecule has 0 aliphatic rings. The first-order chi connectivity index (χ1) is 9.44. The zero-order valence-corrected chi connectivity index (χ0v) is 15.0. The Labute approximate surface area is 133 Å². The van der Waals surface area contributed by atoms with Crippen molar-refractivity contribution in [3.63, 3.8) is 0 Å². The molecule has 5 nitrogen and oxygen atoms in total. The number of anilines is 1. The zero-order chi connectivity index (χ0) is 16.4. The number of hydrogen-bond acceptors (Lipinski definition) is 4. The third kappa shape index (κ3) is 5.21. The zero-order valence-electron chi connectivity index (χ0n) is 12.6. The van der Waals surface area contributed by atoms with Crippen LogP contribution in [0.15, 0.2) is 21.5 Å². The van der Waals surface area contributed by atoms with E-state index in [-0.39, 0.29) is 22.1 Å². The molecule has 21 heavy (non-hydrogen) atoms. The summed E-state index contributed by atoms with van der Waals surface area (Å²) in [5.41, 5.74) is 5.47. The molecule has 0 aromatic heterocycles. The lowest BCUT2D eigenvalue weighted by Crippen LogP contribution is -2.40. The van der Waals surface area contributed by atoms with Gasteiger partial charge in [0.05, 0.1) is 4.47 Å². The minimum absolute atomic E-state index is 0.0235. The van der Waals surface area contributed by atoms with E-state index in [2.05, 4.69) is 20.7 Å². The number of hydrogen-bond donors (Lipinski definition) is 2. The molecule has 120 valence electrons. The fourth-order valence-corrected chi connectivity index (χ4v) is 4.04. The maximum Gasteiger partial charge on any atom is 0.243 e. The van der Waals surface area contributed by atoms with Crippen LogP contribution < -0.4 is 10.5 Å². The van der Waals surface area contributed by atoms with Gasteiger partial charge in [0, 0.05) is 18.8 Å². The van der Waals surface area contributed by atoms with Crippen LogP contribution in [0.2, 0.25) is 0 Å². The molecule has 0 heterocycles. The van der Waals surface area contributed by atoms with Gasteiger partial charge < -0.3 is 10.6 Å². The lowest BCUT2D eigenvalue weighted by molar-refractivity contribution is 0.242. The molecule has 0 atom stereocenters. The van der Waals surface area contributed by atoms with Crippen LogP contribution in [0, 0.1) is 11.2 Å². The van der Waals surface area contributed by atoms with Gasteiger partial charge in [-0.25, -0.2) is 17.5 Å². The first kappa shape index (κ1) is 18.3. The molecule has 0 amide bonds. The van der Waals surface area contributed by atoms with Gasteiger partial charge in [-0.15, -0.1) is 0 Å². The van der Waals surface area contributed by atoms with Gasteiger partial charge >= 0.3 is 0 Å². The van der Waals surface area contributed by atoms with Crippen LogP contribution in [0.4, 0.5) is 10.1 Å². The monoisotopic (exact) mass is 381 g/mol. The number of nitrogens with zero attached hydrogens (tertiary/aromatic N) is 1. The number of benzene rings is 1. The molecule has 0 bridgehead atoms. The number of nitrogens with one attached hydrogen (secondary N) is 1. The molecule has 1 aromatic rings. The first-order valence-electron chi connectivity index (χ1n) is 6.33. The summed E-state index contributed by atoms with van der Waals surface area (Å²) in [4.78, 5) is 1.52. The third-order valence-corrected chi connectivity index (χ3v) is 4.77. The second kappa shape index (κ2) is 6.60. The van der Waals surface area contributed by atoms with Gasteiger partial charge in [-0.05, 0) is 47.6 Å². The lowest BCUT2D eigenvalue weighted by atomic mass is 9.93. The summed E-state index contributed by atoms with van der Waals surface area (Å²) in [6, 6.07) is 2.44. The smallest absolute Gasteiger partial charge is 0.243 e. The minimum Gasteiger partial charge on any atom is -0.399 e. The van der Waals surface area contributed by atoms with Gasteiger partial charge in [0.25, 0.3) is 0 Å². The molecule has 0 unspecified atom stereocenters. The van der Waals surface area contributed by atoms with E-state index in [0.29, 0.717) is 6.54 Å². The van der Waals surface area contributed by atoms with Crippen LogP contribution in [0.1, 0.15) is 13.8 Å². The second-order valence-corrected chi connectivity index (χ2v) is 8.63. The van der Waals surface area contributed by atoms with Crippen molar-refractivity contribution in [2.75, 3.05) is 32.9 Å². The van der Waals surface area contributed by atoms with Crippen molar-refractivity contribution in [1.29, 1.82) is 0 Å². The van der Waals surface area contributed by atoms with Crippen molar-refractivity contribution in [2.45, 2.75) is 18.7 Å². The van der Waals surface area contributed by atoms with Gasteiger partial charge in [-0.3, -0.25) is 0 Å². The van der Waals surface area contributed by atoms with E-state index in [0.717, 1.165) is 6.07 Å². The van der Waals surface area contributed by atoms with E-state index in [4.69, 9.17) is 5.73 Å². The second-order valence-electron chi connectivity index (χ2n) is 6.04. The van der Waals surface area contributed by atoms with E-state index in [9.17, 15) is 12.8 Å². The summed E-state index contributed by atoms with van der Waals surface area (Å²) in [7, 11) is -0.143. The van der Waals surface area contributed by atoms with Crippen LogP contribution in [-0.2, 0) is 10.0 Å². The summed E-state index contributed by atoms with van der Waals surface area (Å²) >= 11 is 2.96. The highest BCUT2D eigenvalue weighted by Gasteiger charge is 2.26. The Hall–Kier alpha value is -0.700. The summed E-state index contributed by atoms with van der Waals surface area (Å²) in [5, 5.41) is 0. The average Bonchev–Trinajstić information content (AvgIpc) is 2.30. The third-order valence-electron chi connectivity index (χ3n) is 2.79. The largest absolute Gasteiger partial charge is 0.399 e. The van der Waals surface area contributed by atoms with Crippen LogP contribution in [-0.4, -0.2) is 40.5 Å². The SMILES string of the molecule is CN(C)CC(C)(C)CNS(=O)(=O)c1cc(N)cc(Br)c1F. The van der Waals surface area contributed by atoms with E-state index in [1.54, 1.807) is 0 Å². The van der Waals surface area contributed by atoms with Gasteiger partial charge in [-0.1, -0.05) is 13.8 Å². The fourth-order valence-electron chi connectivity index (χ4n) is 2.06. The van der Waals surface area contributed by atoms with E-state index in [1.165, 1.54) is 6.07 Å². The molecule has 1 rings (SSSR count). The van der Waals surface area contributed by atoms with Crippen LogP contribution in [0.3, 0.4) is 0 Å². The van der Waals surface area contributed by atoms with E-state index in [1.807, 2.05) is 32.8 Å². The van der Waals surface area contributed by atoms with Crippen LogP contribution >= 0.6 is 15.9 Å². The maximum absolute atomic E-state index is 14.0. The summed E-state index contributed by atoms with van der Waals surface area (Å²) in [5.74, 6) is -0.845. The van der Waals surface area contributed by atoms with Crippen molar-refractivity contribution in [2.24, 2.45) is 5.41 Å². The predicted octanol–water partition coefficient (Wildman–Crippen LogP) is 2.04. The summed E-state index contributed by atoms with van der Waals surface area (Å²) < 4.78 is 40.9. The Balaban J connectivity index is 2.98. The lowest BCUT2D eigenvalue weighted by Gasteiger charge is -2.28. The van der Waals surface area contributed by atoms with Crippen LogP contribution in [0.5, 0.6) is 0 Å². The Morgan fingerprint density at radius 3 is 2.48 bits per heavy atom. The van der Waals surface area contributed by atoms with Gasteiger partial charge in [0.15, 0.2) is 5.82 Å². The Kier molecular flexibility index (Phi) is 5.76. The number of rotatable bonds is 6. The molecule has 0 aliphatic carbocycles. The highest BCUT2D eigenvalue weighted by molar-refractivity contribution is 9.10. The normalized spacial score (nSPS) is 12.9. The number of nitrogens with two attached hydrogens (primary N) is 1. The van der Waals surface area contributed by atoms with Gasteiger partial charge in [0.2, 0.25) is 10.0 Å². The molecule has 3 N–H and O–H groups in total. The van der Waals surface area contributed by atoms with E-state index >= 15 is 0 Å². The highest BCUT2D eigenvalue weighted by Crippen LogP contribution is 2.26. The Morgan fingerprint density at radius 1 is 1.38 bits per heavy atom. The molecule has 0 fully saturated rings. The molecule has 0 spiro atoms. The molecule has 0 saturated carbocycles. The average molecular weight is 382 g/mol. The standard InChI is InChI=1S/C13H21BrFN3O2S/c1-13(2,8-18(3)4)7-17-21(19,20)11-6-9(16)5-10(14)12(11)15/h5-6,17H,7-8,16H2,1-4H3. The molecule has 0 radical (unpaired) electrons. The Morgan fingerprint density at radius 2 is 1.95 bits per heavy atom. The molecule has 8 heteroatoms. The first-order valence-corrected chi connectivity index (χ1v) is 8.61. The minimum atomic E-state index is -3.96. The van der Waals surface area contributed by atoms with Gasteiger partial charge in [-0.2, -0.15) is 0 Å².